The molecular weight excluding hydrogens is 212 g/mol. The van der Waals surface area contributed by atoms with Crippen LogP contribution in [-0.2, 0) is 0 Å². The van der Waals surface area contributed by atoms with E-state index in [9.17, 15) is 10.2 Å². The second-order valence-electron chi connectivity index (χ2n) is 6.15. The van der Waals surface area contributed by atoms with Gasteiger partial charge in [-0.1, -0.05) is 37.6 Å². The molecule has 0 aromatic carbocycles. The molecule has 17 heavy (non-hydrogen) atoms. The Hall–Kier alpha value is -0.600. The van der Waals surface area contributed by atoms with Gasteiger partial charge in [-0.25, -0.2) is 0 Å². The standard InChI is InChI=1S/C15H24O2/c1-9(2)12-8-15(4)10(3)13(16)6-5-11(15)7-14(12)17/h7,10,12-14,16-17H,1,5-6,8H2,2-4H3/t10-,12-,13+,14-,15+/m0/s1. The van der Waals surface area contributed by atoms with Crippen LogP contribution in [0.5, 0.6) is 0 Å². The van der Waals surface area contributed by atoms with Crippen molar-refractivity contribution >= 4 is 0 Å². The summed E-state index contributed by atoms with van der Waals surface area (Å²) in [4.78, 5) is 0. The van der Waals surface area contributed by atoms with Crippen molar-refractivity contribution in [2.45, 2.75) is 52.2 Å². The smallest absolute Gasteiger partial charge is 0.0789 e. The van der Waals surface area contributed by atoms with Gasteiger partial charge in [0.2, 0.25) is 0 Å². The third-order valence-electron chi connectivity index (χ3n) is 5.09. The molecule has 0 saturated heterocycles. The van der Waals surface area contributed by atoms with Crippen molar-refractivity contribution in [3.05, 3.63) is 23.8 Å². The molecule has 0 amide bonds. The van der Waals surface area contributed by atoms with Gasteiger partial charge < -0.3 is 10.2 Å². The largest absolute Gasteiger partial charge is 0.393 e. The molecule has 1 saturated carbocycles. The Balaban J connectivity index is 2.36. The van der Waals surface area contributed by atoms with Crippen molar-refractivity contribution in [1.29, 1.82) is 0 Å². The Labute approximate surface area is 104 Å². The van der Waals surface area contributed by atoms with E-state index in [0.717, 1.165) is 24.8 Å². The number of hydrogen-bond acceptors (Lipinski definition) is 2. The summed E-state index contributed by atoms with van der Waals surface area (Å²) in [6, 6.07) is 0. The van der Waals surface area contributed by atoms with Crippen LogP contribution < -0.4 is 0 Å². The number of allylic oxidation sites excluding steroid dienone is 1. The van der Waals surface area contributed by atoms with Crippen LogP contribution in [-0.4, -0.2) is 22.4 Å². The molecule has 0 aromatic heterocycles. The molecule has 1 fully saturated rings. The fraction of sp³-hybridized carbons (Fsp3) is 0.733. The zero-order chi connectivity index (χ0) is 12.8. The minimum atomic E-state index is -0.391. The highest BCUT2D eigenvalue weighted by Gasteiger charge is 2.47. The molecule has 0 heterocycles. The Morgan fingerprint density at radius 3 is 2.71 bits per heavy atom. The molecule has 0 unspecified atom stereocenters. The van der Waals surface area contributed by atoms with Gasteiger partial charge in [-0.05, 0) is 37.5 Å². The molecule has 0 radical (unpaired) electrons. The molecule has 2 N–H and O–H groups in total. The van der Waals surface area contributed by atoms with E-state index in [0.29, 0.717) is 0 Å². The Morgan fingerprint density at radius 1 is 1.47 bits per heavy atom. The molecule has 96 valence electrons. The maximum absolute atomic E-state index is 10.1. The number of aliphatic hydroxyl groups is 2. The Morgan fingerprint density at radius 2 is 2.12 bits per heavy atom. The summed E-state index contributed by atoms with van der Waals surface area (Å²) in [5.74, 6) is 0.397. The first kappa shape index (κ1) is 12.8. The summed E-state index contributed by atoms with van der Waals surface area (Å²) in [7, 11) is 0. The number of aliphatic hydroxyl groups excluding tert-OH is 2. The molecule has 0 bridgehead atoms. The third-order valence-corrected chi connectivity index (χ3v) is 5.09. The van der Waals surface area contributed by atoms with Crippen molar-refractivity contribution < 1.29 is 10.2 Å². The number of fused-ring (bicyclic) bond motifs is 1. The lowest BCUT2D eigenvalue weighted by atomic mass is 9.56. The predicted octanol–water partition coefficient (Wildman–Crippen LogP) is 2.67. The maximum Gasteiger partial charge on any atom is 0.0789 e. The maximum atomic E-state index is 10.1. The molecule has 2 nitrogen and oxygen atoms in total. The average Bonchev–Trinajstić information content (AvgIpc) is 2.26. The Kier molecular flexibility index (Phi) is 3.21. The zero-order valence-corrected chi connectivity index (χ0v) is 11.1. The van der Waals surface area contributed by atoms with Gasteiger partial charge in [-0.2, -0.15) is 0 Å². The fourth-order valence-electron chi connectivity index (χ4n) is 3.51. The van der Waals surface area contributed by atoms with E-state index >= 15 is 0 Å². The molecule has 5 atom stereocenters. The van der Waals surface area contributed by atoms with E-state index in [2.05, 4.69) is 20.4 Å². The van der Waals surface area contributed by atoms with Gasteiger partial charge in [0.05, 0.1) is 12.2 Å². The summed E-state index contributed by atoms with van der Waals surface area (Å²) in [5.41, 5.74) is 2.40. The van der Waals surface area contributed by atoms with Crippen molar-refractivity contribution in [2.24, 2.45) is 17.3 Å². The summed E-state index contributed by atoms with van der Waals surface area (Å²) in [5, 5.41) is 20.2. The molecule has 0 aromatic rings. The Bertz CT molecular complexity index is 358. The van der Waals surface area contributed by atoms with Gasteiger partial charge in [-0.15, -0.1) is 0 Å². The second-order valence-corrected chi connectivity index (χ2v) is 6.15. The summed E-state index contributed by atoms with van der Waals surface area (Å²) in [6.45, 7) is 10.3. The van der Waals surface area contributed by atoms with Gasteiger partial charge in [-0.3, -0.25) is 0 Å². The van der Waals surface area contributed by atoms with E-state index < -0.39 is 6.10 Å². The first-order chi connectivity index (χ1) is 7.86. The van der Waals surface area contributed by atoms with E-state index in [1.165, 1.54) is 5.57 Å². The van der Waals surface area contributed by atoms with Crippen LogP contribution in [0, 0.1) is 17.3 Å². The summed E-state index contributed by atoms with van der Waals surface area (Å²) >= 11 is 0. The predicted molar refractivity (Wildman–Crippen MR) is 69.5 cm³/mol. The van der Waals surface area contributed by atoms with Gasteiger partial charge in [0.15, 0.2) is 0 Å². The van der Waals surface area contributed by atoms with Crippen molar-refractivity contribution in [3.8, 4) is 0 Å². The van der Waals surface area contributed by atoms with Gasteiger partial charge in [0.1, 0.15) is 0 Å². The zero-order valence-electron chi connectivity index (χ0n) is 11.1. The number of rotatable bonds is 1. The lowest BCUT2D eigenvalue weighted by Crippen LogP contribution is -2.45. The van der Waals surface area contributed by atoms with E-state index in [4.69, 9.17) is 0 Å². The average molecular weight is 236 g/mol. The van der Waals surface area contributed by atoms with Crippen LogP contribution in [0.25, 0.3) is 0 Å². The molecule has 0 aliphatic heterocycles. The fourth-order valence-corrected chi connectivity index (χ4v) is 3.51. The van der Waals surface area contributed by atoms with Crippen molar-refractivity contribution in [1.82, 2.24) is 0 Å². The van der Waals surface area contributed by atoms with Crippen LogP contribution >= 0.6 is 0 Å². The monoisotopic (exact) mass is 236 g/mol. The first-order valence-corrected chi connectivity index (χ1v) is 6.59. The SMILES string of the molecule is C=C(C)[C@@H]1C[C@@]2(C)C(=C[C@@H]1O)CC[C@@H](O)[C@@H]2C. The summed E-state index contributed by atoms with van der Waals surface area (Å²) in [6.07, 6.45) is 4.07. The molecule has 2 aliphatic carbocycles. The quantitative estimate of drug-likeness (QED) is 0.687. The molecular formula is C15H24O2. The molecule has 2 heteroatoms. The normalized spacial score (nSPS) is 46.1. The lowest BCUT2D eigenvalue weighted by molar-refractivity contribution is -0.00407. The van der Waals surface area contributed by atoms with Crippen LogP contribution in [0.2, 0.25) is 0 Å². The molecule has 0 spiro atoms. The van der Waals surface area contributed by atoms with E-state index in [1.54, 1.807) is 0 Å². The van der Waals surface area contributed by atoms with E-state index in [-0.39, 0.29) is 23.4 Å². The summed E-state index contributed by atoms with van der Waals surface area (Å²) < 4.78 is 0. The van der Waals surface area contributed by atoms with Crippen molar-refractivity contribution in [3.63, 3.8) is 0 Å². The minimum Gasteiger partial charge on any atom is -0.393 e. The van der Waals surface area contributed by atoms with Gasteiger partial charge in [0, 0.05) is 5.92 Å². The lowest BCUT2D eigenvalue weighted by Gasteiger charge is -2.50. The number of hydrogen-bond donors (Lipinski definition) is 2. The van der Waals surface area contributed by atoms with Gasteiger partial charge >= 0.3 is 0 Å². The molecule has 2 rings (SSSR count). The van der Waals surface area contributed by atoms with Crippen LogP contribution in [0.15, 0.2) is 23.8 Å². The molecule has 2 aliphatic rings. The van der Waals surface area contributed by atoms with Gasteiger partial charge in [0.25, 0.3) is 0 Å². The van der Waals surface area contributed by atoms with Crippen LogP contribution in [0.1, 0.15) is 40.0 Å². The third kappa shape index (κ3) is 1.98. The minimum absolute atomic E-state index is 0.0283. The highest BCUT2D eigenvalue weighted by Crippen LogP contribution is 2.52. The van der Waals surface area contributed by atoms with Crippen LogP contribution in [0.3, 0.4) is 0 Å². The van der Waals surface area contributed by atoms with Crippen LogP contribution in [0.4, 0.5) is 0 Å². The first-order valence-electron chi connectivity index (χ1n) is 6.59. The second kappa shape index (κ2) is 4.25. The van der Waals surface area contributed by atoms with E-state index in [1.807, 2.05) is 13.0 Å². The highest BCUT2D eigenvalue weighted by atomic mass is 16.3. The topological polar surface area (TPSA) is 40.5 Å². The highest BCUT2D eigenvalue weighted by molar-refractivity contribution is 5.27. The van der Waals surface area contributed by atoms with Crippen molar-refractivity contribution in [2.75, 3.05) is 0 Å².